The zero-order chi connectivity index (χ0) is 20.3. The lowest BCUT2D eigenvalue weighted by molar-refractivity contribution is 0.0950. The minimum absolute atomic E-state index is 0.0232. The molecule has 1 amide bonds. The van der Waals surface area contributed by atoms with E-state index in [0.717, 1.165) is 24.1 Å². The molecule has 1 aromatic heterocycles. The number of amides is 1. The summed E-state index contributed by atoms with van der Waals surface area (Å²) in [5.41, 5.74) is 1.99. The van der Waals surface area contributed by atoms with Crippen LogP contribution in [0.15, 0.2) is 41.4 Å². The SMILES string of the molecule is Cc1cccnc1CNC(=O)c1ccc(Cl)c(S(=O)(=O)N2CCCC(C)C2)c1. The number of hydrogen-bond donors (Lipinski definition) is 1. The second kappa shape index (κ2) is 8.59. The standard InChI is InChI=1S/C20H24ClN3O3S/c1-14-5-4-10-24(13-14)28(26,27)19-11-16(7-8-17(19)21)20(25)23-12-18-15(2)6-3-9-22-18/h3,6-9,11,14H,4-5,10,12-13H2,1-2H3,(H,23,25). The van der Waals surface area contributed by atoms with E-state index in [1.54, 1.807) is 6.20 Å². The minimum Gasteiger partial charge on any atom is -0.346 e. The van der Waals surface area contributed by atoms with Gasteiger partial charge in [0.05, 0.1) is 17.3 Å². The lowest BCUT2D eigenvalue weighted by Crippen LogP contribution is -2.39. The first-order chi connectivity index (χ1) is 13.3. The van der Waals surface area contributed by atoms with Crippen LogP contribution >= 0.6 is 11.6 Å². The summed E-state index contributed by atoms with van der Waals surface area (Å²) in [5, 5.41) is 2.91. The van der Waals surface area contributed by atoms with Gasteiger partial charge in [-0.1, -0.05) is 24.6 Å². The van der Waals surface area contributed by atoms with Gasteiger partial charge in [-0.05, 0) is 55.5 Å². The van der Waals surface area contributed by atoms with Gasteiger partial charge in [0.1, 0.15) is 4.90 Å². The molecule has 3 rings (SSSR count). The Labute approximate surface area is 171 Å². The number of carbonyl (C=O) groups excluding carboxylic acids is 1. The molecule has 1 saturated heterocycles. The molecule has 0 radical (unpaired) electrons. The Morgan fingerprint density at radius 2 is 2.14 bits per heavy atom. The van der Waals surface area contributed by atoms with Crippen molar-refractivity contribution in [3.05, 3.63) is 58.4 Å². The van der Waals surface area contributed by atoms with Crippen molar-refractivity contribution in [2.45, 2.75) is 38.1 Å². The first-order valence-corrected chi connectivity index (χ1v) is 11.1. The highest BCUT2D eigenvalue weighted by Crippen LogP contribution is 2.29. The van der Waals surface area contributed by atoms with Gasteiger partial charge in [-0.15, -0.1) is 0 Å². The monoisotopic (exact) mass is 421 g/mol. The number of halogens is 1. The fraction of sp³-hybridized carbons (Fsp3) is 0.400. The third kappa shape index (κ3) is 4.54. The smallest absolute Gasteiger partial charge is 0.251 e. The van der Waals surface area contributed by atoms with E-state index in [4.69, 9.17) is 11.6 Å². The lowest BCUT2D eigenvalue weighted by atomic mass is 10.0. The van der Waals surface area contributed by atoms with Gasteiger partial charge in [0, 0.05) is 24.8 Å². The van der Waals surface area contributed by atoms with Crippen LogP contribution in [0.3, 0.4) is 0 Å². The quantitative estimate of drug-likeness (QED) is 0.802. The van der Waals surface area contributed by atoms with Gasteiger partial charge in [-0.3, -0.25) is 9.78 Å². The van der Waals surface area contributed by atoms with Crippen molar-refractivity contribution in [2.24, 2.45) is 5.92 Å². The summed E-state index contributed by atoms with van der Waals surface area (Å²) in [6, 6.07) is 8.10. The Hall–Kier alpha value is -1.96. The molecule has 1 N–H and O–H groups in total. The highest BCUT2D eigenvalue weighted by molar-refractivity contribution is 7.89. The first-order valence-electron chi connectivity index (χ1n) is 9.27. The van der Waals surface area contributed by atoms with Crippen molar-refractivity contribution < 1.29 is 13.2 Å². The van der Waals surface area contributed by atoms with Gasteiger partial charge in [0.25, 0.3) is 5.91 Å². The van der Waals surface area contributed by atoms with E-state index in [1.807, 2.05) is 26.0 Å². The number of sulfonamides is 1. The minimum atomic E-state index is -3.75. The maximum absolute atomic E-state index is 13.1. The summed E-state index contributed by atoms with van der Waals surface area (Å²) in [5.74, 6) is -0.0689. The Morgan fingerprint density at radius 1 is 1.36 bits per heavy atom. The van der Waals surface area contributed by atoms with Crippen molar-refractivity contribution in [2.75, 3.05) is 13.1 Å². The van der Waals surface area contributed by atoms with Gasteiger partial charge in [0.15, 0.2) is 0 Å². The number of piperidine rings is 1. The fourth-order valence-electron chi connectivity index (χ4n) is 3.32. The van der Waals surface area contributed by atoms with Crippen LogP contribution in [-0.2, 0) is 16.6 Å². The van der Waals surface area contributed by atoms with Crippen LogP contribution in [0.4, 0.5) is 0 Å². The van der Waals surface area contributed by atoms with Crippen LogP contribution in [0.1, 0.15) is 41.4 Å². The first kappa shape index (κ1) is 20.8. The van der Waals surface area contributed by atoms with Crippen LogP contribution in [0, 0.1) is 12.8 Å². The highest BCUT2D eigenvalue weighted by Gasteiger charge is 2.30. The van der Waals surface area contributed by atoms with E-state index in [9.17, 15) is 13.2 Å². The summed E-state index contributed by atoms with van der Waals surface area (Å²) in [4.78, 5) is 16.8. The number of hydrogen-bond acceptors (Lipinski definition) is 4. The molecule has 1 fully saturated rings. The topological polar surface area (TPSA) is 79.4 Å². The van der Waals surface area contributed by atoms with Crippen molar-refractivity contribution in [1.82, 2.24) is 14.6 Å². The van der Waals surface area contributed by atoms with Crippen LogP contribution in [0.2, 0.25) is 5.02 Å². The van der Waals surface area contributed by atoms with Gasteiger partial charge < -0.3 is 5.32 Å². The second-order valence-corrected chi connectivity index (χ2v) is 9.52. The van der Waals surface area contributed by atoms with Gasteiger partial charge >= 0.3 is 0 Å². The number of nitrogens with zero attached hydrogens (tertiary/aromatic N) is 2. The Balaban J connectivity index is 1.80. The molecule has 0 aliphatic carbocycles. The number of nitrogens with one attached hydrogen (secondary N) is 1. The van der Waals surface area contributed by atoms with Crippen molar-refractivity contribution in [3.8, 4) is 0 Å². The van der Waals surface area contributed by atoms with E-state index in [1.165, 1.54) is 22.5 Å². The van der Waals surface area contributed by atoms with Crippen LogP contribution < -0.4 is 5.32 Å². The summed E-state index contributed by atoms with van der Waals surface area (Å²) in [7, 11) is -3.75. The second-order valence-electron chi connectivity index (χ2n) is 7.21. The molecule has 1 aliphatic heterocycles. The molecule has 2 heterocycles. The number of aromatic nitrogens is 1. The molecule has 0 bridgehead atoms. The zero-order valence-corrected chi connectivity index (χ0v) is 17.6. The number of pyridine rings is 1. The predicted octanol–water partition coefficient (Wildman–Crippen LogP) is 3.39. The Bertz CT molecular complexity index is 978. The van der Waals surface area contributed by atoms with Crippen LogP contribution in [0.25, 0.3) is 0 Å². The predicted molar refractivity (Wildman–Crippen MR) is 109 cm³/mol. The van der Waals surface area contributed by atoms with Crippen LogP contribution in [0.5, 0.6) is 0 Å². The molecular weight excluding hydrogens is 398 g/mol. The average molecular weight is 422 g/mol. The third-order valence-electron chi connectivity index (χ3n) is 4.97. The summed E-state index contributed by atoms with van der Waals surface area (Å²) < 4.78 is 27.6. The van der Waals surface area contributed by atoms with E-state index >= 15 is 0 Å². The molecule has 0 saturated carbocycles. The number of rotatable bonds is 5. The van der Waals surface area contributed by atoms with Crippen molar-refractivity contribution in [3.63, 3.8) is 0 Å². The molecule has 1 atom stereocenters. The highest BCUT2D eigenvalue weighted by atomic mass is 35.5. The van der Waals surface area contributed by atoms with Gasteiger partial charge in [-0.2, -0.15) is 4.31 Å². The number of benzene rings is 1. The summed E-state index contributed by atoms with van der Waals surface area (Å²) in [6.07, 6.45) is 3.50. The molecule has 150 valence electrons. The number of carbonyl (C=O) groups is 1. The average Bonchev–Trinajstić information content (AvgIpc) is 2.67. The molecule has 1 aliphatic rings. The maximum atomic E-state index is 13.1. The Kier molecular flexibility index (Phi) is 6.37. The van der Waals surface area contributed by atoms with E-state index in [2.05, 4.69) is 10.3 Å². The van der Waals surface area contributed by atoms with E-state index in [-0.39, 0.29) is 27.9 Å². The normalized spacial score (nSPS) is 18.0. The summed E-state index contributed by atoms with van der Waals surface area (Å²) >= 11 is 6.19. The van der Waals surface area contributed by atoms with E-state index < -0.39 is 10.0 Å². The lowest BCUT2D eigenvalue weighted by Gasteiger charge is -2.30. The third-order valence-corrected chi connectivity index (χ3v) is 7.31. The molecule has 6 nitrogen and oxygen atoms in total. The maximum Gasteiger partial charge on any atom is 0.251 e. The summed E-state index contributed by atoms with van der Waals surface area (Å²) in [6.45, 7) is 5.15. The van der Waals surface area contributed by atoms with Crippen molar-refractivity contribution >= 4 is 27.5 Å². The molecule has 1 aromatic carbocycles. The van der Waals surface area contributed by atoms with E-state index in [0.29, 0.717) is 19.0 Å². The van der Waals surface area contributed by atoms with Gasteiger partial charge in [-0.25, -0.2) is 8.42 Å². The molecule has 2 aromatic rings. The van der Waals surface area contributed by atoms with Gasteiger partial charge in [0.2, 0.25) is 10.0 Å². The fourth-order valence-corrected chi connectivity index (χ4v) is 5.41. The molecule has 28 heavy (non-hydrogen) atoms. The molecule has 0 spiro atoms. The number of aryl methyl sites for hydroxylation is 1. The van der Waals surface area contributed by atoms with Crippen molar-refractivity contribution in [1.29, 1.82) is 0 Å². The van der Waals surface area contributed by atoms with Crippen LogP contribution in [-0.4, -0.2) is 36.7 Å². The molecular formula is C20H24ClN3O3S. The molecule has 1 unspecified atom stereocenters. The largest absolute Gasteiger partial charge is 0.346 e. The molecule has 8 heteroatoms. The Morgan fingerprint density at radius 3 is 2.86 bits per heavy atom. The zero-order valence-electron chi connectivity index (χ0n) is 16.0.